The second-order valence-corrected chi connectivity index (χ2v) is 7.43. The molecule has 1 aromatic heterocycles. The van der Waals surface area contributed by atoms with Crippen molar-refractivity contribution in [3.05, 3.63) is 89.3 Å². The maximum Gasteiger partial charge on any atom is 0.294 e. The average molecular weight is 421 g/mol. The van der Waals surface area contributed by atoms with Crippen molar-refractivity contribution in [2.45, 2.75) is 0 Å². The van der Waals surface area contributed by atoms with Gasteiger partial charge in [0.25, 0.3) is 11.1 Å². The smallest absolute Gasteiger partial charge is 0.294 e. The first-order chi connectivity index (χ1) is 14.5. The molecule has 1 aliphatic rings. The summed E-state index contributed by atoms with van der Waals surface area (Å²) in [5.41, 5.74) is 1.63. The minimum absolute atomic E-state index is 0.00861. The van der Waals surface area contributed by atoms with Crippen LogP contribution in [-0.2, 0) is 9.59 Å². The van der Waals surface area contributed by atoms with E-state index in [0.29, 0.717) is 0 Å². The lowest BCUT2D eigenvalue weighted by Gasteiger charge is -2.12. The van der Waals surface area contributed by atoms with E-state index in [9.17, 15) is 18.8 Å². The highest BCUT2D eigenvalue weighted by molar-refractivity contribution is 8.18. The summed E-state index contributed by atoms with van der Waals surface area (Å²) in [7, 11) is 0. The van der Waals surface area contributed by atoms with Gasteiger partial charge in [-0.3, -0.25) is 19.3 Å². The van der Waals surface area contributed by atoms with Gasteiger partial charge in [0, 0.05) is 17.6 Å². The normalized spacial score (nSPS) is 15.1. The number of aromatic nitrogens is 1. The van der Waals surface area contributed by atoms with E-state index in [4.69, 9.17) is 0 Å². The number of hydrogen-bond acceptors (Lipinski definition) is 4. The van der Waals surface area contributed by atoms with Crippen molar-refractivity contribution < 1.29 is 18.8 Å². The van der Waals surface area contributed by atoms with Crippen LogP contribution >= 0.6 is 11.8 Å². The highest BCUT2D eigenvalue weighted by atomic mass is 32.2. The second kappa shape index (κ2) is 8.38. The molecule has 0 bridgehead atoms. The van der Waals surface area contributed by atoms with Crippen LogP contribution in [0.15, 0.2) is 77.8 Å². The molecule has 0 spiro atoms. The van der Waals surface area contributed by atoms with Gasteiger partial charge in [-0.05, 0) is 54.2 Å². The number of hydrogen-bond donors (Lipinski definition) is 1. The Bertz CT molecular complexity index is 1160. The van der Waals surface area contributed by atoms with Crippen LogP contribution in [0.4, 0.5) is 14.9 Å². The minimum Gasteiger partial charge on any atom is -0.322 e. The van der Waals surface area contributed by atoms with Gasteiger partial charge in [-0.2, -0.15) is 0 Å². The highest BCUT2D eigenvalue weighted by Gasteiger charge is 2.36. The maximum absolute atomic E-state index is 13.7. The summed E-state index contributed by atoms with van der Waals surface area (Å²) >= 11 is 0.766. The number of anilines is 1. The Morgan fingerprint density at radius 2 is 1.73 bits per heavy atom. The van der Waals surface area contributed by atoms with Gasteiger partial charge in [0.2, 0.25) is 5.91 Å². The Morgan fingerprint density at radius 1 is 1.00 bits per heavy atom. The number of benzene rings is 2. The summed E-state index contributed by atoms with van der Waals surface area (Å²) in [6.45, 7) is -0.490. The van der Waals surface area contributed by atoms with E-state index in [1.165, 1.54) is 18.2 Å². The Balaban J connectivity index is 1.50. The molecule has 3 amide bonds. The number of nitrogens with zero attached hydrogens (tertiary/aromatic N) is 2. The number of halogens is 1. The molecule has 2 heterocycles. The van der Waals surface area contributed by atoms with E-state index in [-0.39, 0.29) is 10.6 Å². The van der Waals surface area contributed by atoms with Crippen molar-refractivity contribution in [3.63, 3.8) is 0 Å². The molecule has 0 saturated carbocycles. The monoisotopic (exact) mass is 421 g/mol. The first-order valence-electron chi connectivity index (χ1n) is 9.05. The third-order valence-corrected chi connectivity index (χ3v) is 5.32. The van der Waals surface area contributed by atoms with Crippen LogP contribution in [0.25, 0.3) is 11.8 Å². The fraction of sp³-hybridized carbons (Fsp3) is 0.0455. The van der Waals surface area contributed by atoms with E-state index < -0.39 is 29.4 Å². The zero-order chi connectivity index (χ0) is 21.1. The van der Waals surface area contributed by atoms with Gasteiger partial charge >= 0.3 is 0 Å². The van der Waals surface area contributed by atoms with Crippen LogP contribution in [0.1, 0.15) is 5.69 Å². The fourth-order valence-electron chi connectivity index (χ4n) is 3.00. The molecule has 0 unspecified atom stereocenters. The minimum atomic E-state index is -0.656. The van der Waals surface area contributed by atoms with E-state index in [1.54, 1.807) is 12.1 Å². The van der Waals surface area contributed by atoms with Crippen molar-refractivity contribution in [1.82, 2.24) is 9.47 Å². The molecule has 0 aliphatic carbocycles. The van der Waals surface area contributed by atoms with Gasteiger partial charge in [0.1, 0.15) is 12.4 Å². The number of amides is 3. The predicted octanol–water partition coefficient (Wildman–Crippen LogP) is 4.29. The number of nitrogens with one attached hydrogen (secondary N) is 1. The van der Waals surface area contributed by atoms with Crippen LogP contribution in [0.2, 0.25) is 0 Å². The molecule has 0 atom stereocenters. The van der Waals surface area contributed by atoms with E-state index >= 15 is 0 Å². The first-order valence-corrected chi connectivity index (χ1v) is 9.87. The summed E-state index contributed by atoms with van der Waals surface area (Å²) in [5, 5.41) is 1.83. The molecule has 1 fully saturated rings. The number of carbonyl (C=O) groups excluding carboxylic acids is 3. The average Bonchev–Trinajstić information content (AvgIpc) is 3.31. The molecule has 4 rings (SSSR count). The molecular formula is C22H16FN3O3S. The topological polar surface area (TPSA) is 71.4 Å². The van der Waals surface area contributed by atoms with Crippen molar-refractivity contribution >= 4 is 40.6 Å². The molecule has 1 N–H and O–H groups in total. The van der Waals surface area contributed by atoms with E-state index in [1.807, 2.05) is 53.2 Å². The van der Waals surface area contributed by atoms with Crippen LogP contribution in [0, 0.1) is 5.82 Å². The second-order valence-electron chi connectivity index (χ2n) is 6.43. The zero-order valence-corrected chi connectivity index (χ0v) is 16.4. The van der Waals surface area contributed by atoms with Crippen molar-refractivity contribution in [2.24, 2.45) is 0 Å². The summed E-state index contributed by atoms with van der Waals surface area (Å²) < 4.78 is 15.6. The zero-order valence-electron chi connectivity index (χ0n) is 15.6. The summed E-state index contributed by atoms with van der Waals surface area (Å²) in [4.78, 5) is 38.3. The molecule has 2 aromatic carbocycles. The summed E-state index contributed by atoms with van der Waals surface area (Å²) in [6, 6.07) is 18.9. The van der Waals surface area contributed by atoms with Gasteiger partial charge in [0.15, 0.2) is 0 Å². The van der Waals surface area contributed by atoms with Crippen LogP contribution in [-0.4, -0.2) is 33.1 Å². The molecule has 1 aliphatic heterocycles. The molecule has 30 heavy (non-hydrogen) atoms. The fourth-order valence-corrected chi connectivity index (χ4v) is 3.82. The standard InChI is InChI=1S/C22H16FN3O3S/c23-17-10-4-5-11-18(17)24-20(27)14-26-21(28)19(30-22(26)29)13-16-9-6-12-25(16)15-7-2-1-3-8-15/h1-13H,14H2,(H,24,27)/b19-13-. The van der Waals surface area contributed by atoms with Crippen molar-refractivity contribution in [1.29, 1.82) is 0 Å². The summed E-state index contributed by atoms with van der Waals surface area (Å²) in [5.74, 6) is -1.81. The molecular weight excluding hydrogens is 405 g/mol. The Kier molecular flexibility index (Phi) is 5.49. The van der Waals surface area contributed by atoms with E-state index in [2.05, 4.69) is 5.32 Å². The third kappa shape index (κ3) is 4.04. The third-order valence-electron chi connectivity index (χ3n) is 4.42. The molecule has 150 valence electrons. The molecule has 6 nitrogen and oxygen atoms in total. The largest absolute Gasteiger partial charge is 0.322 e. The van der Waals surface area contributed by atoms with Crippen LogP contribution < -0.4 is 5.32 Å². The molecule has 1 saturated heterocycles. The van der Waals surface area contributed by atoms with Crippen LogP contribution in [0.5, 0.6) is 0 Å². The summed E-state index contributed by atoms with van der Waals surface area (Å²) in [6.07, 6.45) is 3.47. The quantitative estimate of drug-likeness (QED) is 0.624. The molecule has 8 heteroatoms. The van der Waals surface area contributed by atoms with Gasteiger partial charge < -0.3 is 9.88 Å². The van der Waals surface area contributed by atoms with Gasteiger partial charge in [0.05, 0.1) is 10.6 Å². The Hall–Kier alpha value is -3.65. The van der Waals surface area contributed by atoms with Gasteiger partial charge in [-0.1, -0.05) is 30.3 Å². The SMILES string of the molecule is O=C(CN1C(=O)S/C(=C\c2cccn2-c2ccccc2)C1=O)Nc1ccccc1F. The lowest BCUT2D eigenvalue weighted by Crippen LogP contribution is -2.36. The van der Waals surface area contributed by atoms with E-state index in [0.717, 1.165) is 28.0 Å². The Labute approximate surface area is 176 Å². The lowest BCUT2D eigenvalue weighted by molar-refractivity contribution is -0.127. The molecule has 0 radical (unpaired) electrons. The van der Waals surface area contributed by atoms with Crippen LogP contribution in [0.3, 0.4) is 0 Å². The van der Waals surface area contributed by atoms with Gasteiger partial charge in [-0.15, -0.1) is 0 Å². The first kappa shape index (κ1) is 19.7. The Morgan fingerprint density at radius 3 is 2.50 bits per heavy atom. The van der Waals surface area contributed by atoms with Gasteiger partial charge in [-0.25, -0.2) is 4.39 Å². The lowest BCUT2D eigenvalue weighted by atomic mass is 10.3. The number of para-hydroxylation sites is 2. The number of rotatable bonds is 5. The number of carbonyl (C=O) groups is 3. The predicted molar refractivity (Wildman–Crippen MR) is 113 cm³/mol. The van der Waals surface area contributed by atoms with Crippen molar-refractivity contribution in [3.8, 4) is 5.69 Å². The number of imide groups is 1. The molecule has 3 aromatic rings. The van der Waals surface area contributed by atoms with Crippen molar-refractivity contribution in [2.75, 3.05) is 11.9 Å². The number of thioether (sulfide) groups is 1. The highest BCUT2D eigenvalue weighted by Crippen LogP contribution is 2.32. The maximum atomic E-state index is 13.7.